The third kappa shape index (κ3) is 14.1. The Hall–Kier alpha value is -2.88. The van der Waals surface area contributed by atoms with Crippen molar-refractivity contribution < 1.29 is 28.2 Å². The van der Waals surface area contributed by atoms with Crippen molar-refractivity contribution in [2.75, 3.05) is 37.1 Å². The lowest BCUT2D eigenvalue weighted by atomic mass is 9.76. The Morgan fingerprint density at radius 1 is 0.797 bits per heavy atom. The zero-order valence-corrected chi connectivity index (χ0v) is 38.9. The molecule has 0 bridgehead atoms. The number of aryl methyl sites for hydroxylation is 3. The smallest absolute Gasteiger partial charge is 0.333 e. The van der Waals surface area contributed by atoms with E-state index in [9.17, 15) is 9.59 Å². The molecular weight excluding hydrogens is 796 g/mol. The Balaban J connectivity index is 1.70. The van der Waals surface area contributed by atoms with Crippen LogP contribution < -0.4 is 4.74 Å². The van der Waals surface area contributed by atoms with Gasteiger partial charge in [0.1, 0.15) is 11.6 Å². The molecular formula is C50H69FO5S3. The van der Waals surface area contributed by atoms with E-state index in [1.54, 1.807) is 13.0 Å². The molecule has 3 aromatic carbocycles. The third-order valence-corrected chi connectivity index (χ3v) is 13.9. The van der Waals surface area contributed by atoms with Gasteiger partial charge >= 0.3 is 11.9 Å². The summed E-state index contributed by atoms with van der Waals surface area (Å²) in [6.07, 6.45) is 13.1. The SMILES string of the molecule is C=C(C)C(=O)OCCCc1cc(-c2ccc(C3CCC(CCCCC)CC3)cc2F)c(CC)cc1-c1ccc(OCC(CS)(CS)CS)c(CCCOC(=O)C(C)C)c1. The van der Waals surface area contributed by atoms with Crippen LogP contribution in [0.1, 0.15) is 127 Å². The summed E-state index contributed by atoms with van der Waals surface area (Å²) in [6, 6.07) is 16.5. The number of ether oxygens (including phenoxy) is 3. The molecule has 1 aliphatic carbocycles. The molecule has 0 spiro atoms. The fraction of sp³-hybridized carbons (Fsp3) is 0.560. The number of esters is 2. The van der Waals surface area contributed by atoms with Crippen molar-refractivity contribution >= 4 is 49.8 Å². The maximum absolute atomic E-state index is 16.4. The predicted octanol–water partition coefficient (Wildman–Crippen LogP) is 12.9. The lowest BCUT2D eigenvalue weighted by Crippen LogP contribution is -2.34. The van der Waals surface area contributed by atoms with E-state index in [-0.39, 0.29) is 29.7 Å². The lowest BCUT2D eigenvalue weighted by molar-refractivity contribution is -0.147. The van der Waals surface area contributed by atoms with Gasteiger partial charge in [0, 0.05) is 33.8 Å². The Morgan fingerprint density at radius 2 is 1.46 bits per heavy atom. The first kappa shape index (κ1) is 48.8. The van der Waals surface area contributed by atoms with Gasteiger partial charge in [-0.1, -0.05) is 90.3 Å². The van der Waals surface area contributed by atoms with Crippen molar-refractivity contribution in [3.8, 4) is 28.0 Å². The van der Waals surface area contributed by atoms with Gasteiger partial charge in [-0.25, -0.2) is 9.18 Å². The maximum atomic E-state index is 16.4. The number of halogens is 1. The van der Waals surface area contributed by atoms with Crippen LogP contribution in [0.25, 0.3) is 22.3 Å². The average Bonchev–Trinajstić information content (AvgIpc) is 3.24. The van der Waals surface area contributed by atoms with Crippen molar-refractivity contribution in [1.82, 2.24) is 0 Å². The first-order valence-electron chi connectivity index (χ1n) is 21.9. The molecule has 0 unspecified atom stereocenters. The number of carbonyl (C=O) groups excluding carboxylic acids is 2. The van der Waals surface area contributed by atoms with Crippen molar-refractivity contribution in [1.29, 1.82) is 0 Å². The molecule has 1 fully saturated rings. The largest absolute Gasteiger partial charge is 0.493 e. The van der Waals surface area contributed by atoms with Crippen LogP contribution in [0.5, 0.6) is 5.75 Å². The topological polar surface area (TPSA) is 61.8 Å². The van der Waals surface area contributed by atoms with Gasteiger partial charge in [-0.15, -0.1) is 0 Å². The number of benzene rings is 3. The summed E-state index contributed by atoms with van der Waals surface area (Å²) in [7, 11) is 0. The van der Waals surface area contributed by atoms with Gasteiger partial charge < -0.3 is 14.2 Å². The number of rotatable bonds is 24. The van der Waals surface area contributed by atoms with Crippen LogP contribution in [0.2, 0.25) is 0 Å². The number of hydrogen-bond donors (Lipinski definition) is 3. The molecule has 0 aliphatic heterocycles. The zero-order chi connectivity index (χ0) is 43.0. The highest BCUT2D eigenvalue weighted by molar-refractivity contribution is 7.82. The van der Waals surface area contributed by atoms with E-state index in [1.165, 1.54) is 38.5 Å². The minimum Gasteiger partial charge on any atom is -0.493 e. The Bertz CT molecular complexity index is 1820. The molecule has 0 saturated heterocycles. The van der Waals surface area contributed by atoms with Crippen molar-refractivity contribution in [2.24, 2.45) is 17.3 Å². The molecule has 0 N–H and O–H groups in total. The number of thiol groups is 3. The molecule has 0 aromatic heterocycles. The van der Waals surface area contributed by atoms with Gasteiger partial charge in [0.2, 0.25) is 0 Å². The second-order valence-electron chi connectivity index (χ2n) is 17.0. The first-order valence-corrected chi connectivity index (χ1v) is 23.8. The molecule has 4 rings (SSSR count). The highest BCUT2D eigenvalue weighted by Crippen LogP contribution is 2.41. The van der Waals surface area contributed by atoms with Gasteiger partial charge in [-0.3, -0.25) is 4.79 Å². The Kier molecular flexibility index (Phi) is 20.3. The standard InChI is InChI=1S/C50H69FO5S3/c1-7-9-10-13-36-16-18-38(19-17-36)39-20-22-43(46(51)29-39)45-28-40(14-11-24-54-48(52)34(3)4)44(27-37(45)8-2)41-21-23-47(56-30-50(31-57,32-58)33-59)42(26-41)15-12-25-55-49(53)35(5)6/h20-23,26-29,35-36,38,57-59H,3,7-19,24-25,30-33H2,1-2,4-6H3. The molecule has 5 nitrogen and oxygen atoms in total. The van der Waals surface area contributed by atoms with Gasteiger partial charge in [-0.05, 0) is 134 Å². The quantitative estimate of drug-likeness (QED) is 0.0362. The van der Waals surface area contributed by atoms with Gasteiger partial charge in [0.15, 0.2) is 0 Å². The van der Waals surface area contributed by atoms with Gasteiger partial charge in [-0.2, -0.15) is 37.9 Å². The highest BCUT2D eigenvalue weighted by Gasteiger charge is 2.28. The van der Waals surface area contributed by atoms with Crippen molar-refractivity contribution in [2.45, 2.75) is 124 Å². The Morgan fingerprint density at radius 3 is 2.07 bits per heavy atom. The second-order valence-corrected chi connectivity index (χ2v) is 18.0. The fourth-order valence-corrected chi connectivity index (χ4v) is 9.41. The number of hydrogen-bond acceptors (Lipinski definition) is 8. The minimum atomic E-state index is -0.406. The van der Waals surface area contributed by atoms with Crippen LogP contribution >= 0.6 is 37.9 Å². The van der Waals surface area contributed by atoms with E-state index in [0.717, 1.165) is 69.9 Å². The molecule has 59 heavy (non-hydrogen) atoms. The van der Waals surface area contributed by atoms with Crippen LogP contribution in [0.4, 0.5) is 4.39 Å². The van der Waals surface area contributed by atoms with Gasteiger partial charge in [0.05, 0.1) is 25.7 Å². The molecule has 0 amide bonds. The summed E-state index contributed by atoms with van der Waals surface area (Å²) in [5.74, 6) is 2.72. The molecule has 3 aromatic rings. The summed E-state index contributed by atoms with van der Waals surface area (Å²) >= 11 is 13.8. The van der Waals surface area contributed by atoms with Crippen LogP contribution in [0, 0.1) is 23.1 Å². The molecule has 324 valence electrons. The molecule has 1 saturated carbocycles. The fourth-order valence-electron chi connectivity index (χ4n) is 7.93. The molecule has 0 radical (unpaired) electrons. The summed E-state index contributed by atoms with van der Waals surface area (Å²) < 4.78 is 33.9. The Labute approximate surface area is 371 Å². The van der Waals surface area contributed by atoms with Crippen LogP contribution in [0.3, 0.4) is 0 Å². The van der Waals surface area contributed by atoms with E-state index in [1.807, 2.05) is 26.0 Å². The van der Waals surface area contributed by atoms with Crippen molar-refractivity contribution in [3.05, 3.63) is 88.8 Å². The average molecular weight is 865 g/mol. The molecule has 0 heterocycles. The summed E-state index contributed by atoms with van der Waals surface area (Å²) in [6.45, 7) is 14.4. The summed E-state index contributed by atoms with van der Waals surface area (Å²) in [5.41, 5.74) is 7.81. The first-order chi connectivity index (χ1) is 28.4. The zero-order valence-electron chi connectivity index (χ0n) is 36.3. The van der Waals surface area contributed by atoms with Crippen molar-refractivity contribution in [3.63, 3.8) is 0 Å². The van der Waals surface area contributed by atoms with E-state index >= 15 is 4.39 Å². The van der Waals surface area contributed by atoms with E-state index in [0.29, 0.717) is 73.2 Å². The second kappa shape index (κ2) is 24.5. The number of unbranched alkanes of at least 4 members (excludes halogenated alkanes) is 2. The normalized spacial score (nSPS) is 15.6. The minimum absolute atomic E-state index is 0.182. The highest BCUT2D eigenvalue weighted by atomic mass is 32.1. The monoisotopic (exact) mass is 864 g/mol. The summed E-state index contributed by atoms with van der Waals surface area (Å²) in [4.78, 5) is 24.4. The predicted molar refractivity (Wildman–Crippen MR) is 253 cm³/mol. The van der Waals surface area contributed by atoms with E-state index in [4.69, 9.17) is 14.2 Å². The maximum Gasteiger partial charge on any atom is 0.333 e. The molecule has 9 heteroatoms. The summed E-state index contributed by atoms with van der Waals surface area (Å²) in [5, 5.41) is 0. The van der Waals surface area contributed by atoms with Gasteiger partial charge in [0.25, 0.3) is 0 Å². The van der Waals surface area contributed by atoms with E-state index in [2.05, 4.69) is 88.6 Å². The van der Waals surface area contributed by atoms with Crippen LogP contribution in [-0.4, -0.2) is 49.0 Å². The third-order valence-electron chi connectivity index (χ3n) is 11.9. The molecule has 0 atom stereocenters. The van der Waals surface area contributed by atoms with Crippen LogP contribution in [0.15, 0.2) is 60.7 Å². The van der Waals surface area contributed by atoms with E-state index < -0.39 is 5.97 Å². The number of carbonyl (C=O) groups is 2. The van der Waals surface area contributed by atoms with Crippen LogP contribution in [-0.2, 0) is 38.3 Å². The molecule has 1 aliphatic rings. The lowest BCUT2D eigenvalue weighted by Gasteiger charge is -2.29.